The van der Waals surface area contributed by atoms with Crippen molar-refractivity contribution in [1.29, 1.82) is 0 Å². The quantitative estimate of drug-likeness (QED) is 0.669. The number of nitrogens with zero attached hydrogens (tertiary/aromatic N) is 7. The molecular weight excluding hydrogens is 402 g/mol. The molecule has 0 N–H and O–H groups in total. The van der Waals surface area contributed by atoms with E-state index in [2.05, 4.69) is 25.2 Å². The SMILES string of the molecule is CCC(C(=O)N1CCN(CCN2CCCC2)CC1)n1nnc(-c2ccc(Cl)cc2)n1. The van der Waals surface area contributed by atoms with Crippen LogP contribution in [0.2, 0.25) is 5.02 Å². The smallest absolute Gasteiger partial charge is 0.249 e. The van der Waals surface area contributed by atoms with E-state index in [1.54, 1.807) is 12.1 Å². The largest absolute Gasteiger partial charge is 0.338 e. The number of halogens is 1. The lowest BCUT2D eigenvalue weighted by molar-refractivity contribution is -0.137. The van der Waals surface area contributed by atoms with Crippen LogP contribution < -0.4 is 0 Å². The van der Waals surface area contributed by atoms with Crippen LogP contribution in [0.1, 0.15) is 32.2 Å². The van der Waals surface area contributed by atoms with Gasteiger partial charge in [-0.15, -0.1) is 10.2 Å². The molecule has 0 aliphatic carbocycles. The molecule has 4 rings (SSSR count). The van der Waals surface area contributed by atoms with Gasteiger partial charge in [-0.3, -0.25) is 9.69 Å². The summed E-state index contributed by atoms with van der Waals surface area (Å²) in [6, 6.07) is 6.88. The second-order valence-corrected chi connectivity index (χ2v) is 8.52. The Morgan fingerprint density at radius 3 is 2.27 bits per heavy atom. The van der Waals surface area contributed by atoms with Crippen molar-refractivity contribution in [3.63, 3.8) is 0 Å². The number of hydrogen-bond acceptors (Lipinski definition) is 6. The van der Waals surface area contributed by atoms with Crippen LogP contribution in [0.15, 0.2) is 24.3 Å². The second-order valence-electron chi connectivity index (χ2n) is 8.08. The zero-order chi connectivity index (χ0) is 20.9. The van der Waals surface area contributed by atoms with Crippen LogP contribution >= 0.6 is 11.6 Å². The summed E-state index contributed by atoms with van der Waals surface area (Å²) in [5.41, 5.74) is 0.833. The minimum atomic E-state index is -0.422. The van der Waals surface area contributed by atoms with Gasteiger partial charge in [0.15, 0.2) is 6.04 Å². The Labute approximate surface area is 182 Å². The average molecular weight is 432 g/mol. The Balaban J connectivity index is 1.32. The van der Waals surface area contributed by atoms with Crippen LogP contribution in [-0.4, -0.2) is 93.2 Å². The van der Waals surface area contributed by atoms with E-state index in [9.17, 15) is 4.79 Å². The summed E-state index contributed by atoms with van der Waals surface area (Å²) >= 11 is 5.95. The summed E-state index contributed by atoms with van der Waals surface area (Å²) in [4.78, 5) is 21.6. The summed E-state index contributed by atoms with van der Waals surface area (Å²) in [6.07, 6.45) is 3.29. The average Bonchev–Trinajstić information content (AvgIpc) is 3.46. The fourth-order valence-corrected chi connectivity index (χ4v) is 4.33. The lowest BCUT2D eigenvalue weighted by Crippen LogP contribution is -2.51. The van der Waals surface area contributed by atoms with E-state index in [-0.39, 0.29) is 5.91 Å². The van der Waals surface area contributed by atoms with Gasteiger partial charge in [0.1, 0.15) is 0 Å². The maximum Gasteiger partial charge on any atom is 0.249 e. The lowest BCUT2D eigenvalue weighted by atomic mass is 10.2. The highest BCUT2D eigenvalue weighted by atomic mass is 35.5. The van der Waals surface area contributed by atoms with E-state index in [0.29, 0.717) is 17.3 Å². The molecule has 1 atom stereocenters. The first-order valence-corrected chi connectivity index (χ1v) is 11.3. The van der Waals surface area contributed by atoms with Crippen molar-refractivity contribution in [3.05, 3.63) is 29.3 Å². The van der Waals surface area contributed by atoms with Gasteiger partial charge in [0.25, 0.3) is 0 Å². The van der Waals surface area contributed by atoms with Gasteiger partial charge in [-0.25, -0.2) is 0 Å². The minimum absolute atomic E-state index is 0.0803. The van der Waals surface area contributed by atoms with Gasteiger partial charge in [0.05, 0.1) is 0 Å². The molecule has 162 valence electrons. The number of carbonyl (C=O) groups is 1. The summed E-state index contributed by atoms with van der Waals surface area (Å²) in [7, 11) is 0. The minimum Gasteiger partial charge on any atom is -0.338 e. The third-order valence-electron chi connectivity index (χ3n) is 6.10. The zero-order valence-electron chi connectivity index (χ0n) is 17.6. The summed E-state index contributed by atoms with van der Waals surface area (Å²) in [5, 5.41) is 13.4. The van der Waals surface area contributed by atoms with E-state index >= 15 is 0 Å². The van der Waals surface area contributed by atoms with E-state index < -0.39 is 6.04 Å². The Morgan fingerprint density at radius 2 is 1.63 bits per heavy atom. The fourth-order valence-electron chi connectivity index (χ4n) is 4.20. The highest BCUT2D eigenvalue weighted by Crippen LogP contribution is 2.20. The molecule has 0 spiro atoms. The second kappa shape index (κ2) is 9.85. The summed E-state index contributed by atoms with van der Waals surface area (Å²) in [5.74, 6) is 0.585. The first kappa shape index (κ1) is 21.2. The number of amides is 1. The number of likely N-dealkylation sites (tertiary alicyclic amines) is 1. The molecule has 8 nitrogen and oxygen atoms in total. The Morgan fingerprint density at radius 1 is 1.00 bits per heavy atom. The number of carbonyl (C=O) groups excluding carboxylic acids is 1. The molecule has 2 aliphatic rings. The summed E-state index contributed by atoms with van der Waals surface area (Å²) < 4.78 is 0. The van der Waals surface area contributed by atoms with Crippen LogP contribution in [0.5, 0.6) is 0 Å². The van der Waals surface area contributed by atoms with Crippen molar-refractivity contribution in [3.8, 4) is 11.4 Å². The van der Waals surface area contributed by atoms with E-state index in [0.717, 1.165) is 44.8 Å². The van der Waals surface area contributed by atoms with E-state index in [1.165, 1.54) is 30.7 Å². The van der Waals surface area contributed by atoms with E-state index in [4.69, 9.17) is 11.6 Å². The molecule has 1 amide bonds. The molecule has 1 unspecified atom stereocenters. The number of benzene rings is 1. The molecule has 2 saturated heterocycles. The number of tetrazole rings is 1. The molecule has 3 heterocycles. The van der Waals surface area contributed by atoms with Crippen LogP contribution in [0.4, 0.5) is 0 Å². The lowest BCUT2D eigenvalue weighted by Gasteiger charge is -2.36. The molecule has 9 heteroatoms. The van der Waals surface area contributed by atoms with Gasteiger partial charge >= 0.3 is 0 Å². The Hall–Kier alpha value is -2.03. The number of piperazine rings is 1. The Kier molecular flexibility index (Phi) is 6.97. The van der Waals surface area contributed by atoms with Crippen LogP contribution in [0.25, 0.3) is 11.4 Å². The number of hydrogen-bond donors (Lipinski definition) is 0. The first-order chi connectivity index (χ1) is 14.6. The van der Waals surface area contributed by atoms with Crippen molar-refractivity contribution >= 4 is 17.5 Å². The van der Waals surface area contributed by atoms with Gasteiger partial charge in [0, 0.05) is 49.9 Å². The predicted octanol–water partition coefficient (Wildman–Crippen LogP) is 2.18. The van der Waals surface area contributed by atoms with Crippen molar-refractivity contribution in [1.82, 2.24) is 34.9 Å². The maximum absolute atomic E-state index is 13.1. The van der Waals surface area contributed by atoms with Crippen molar-refractivity contribution in [2.75, 3.05) is 52.4 Å². The standard InChI is InChI=1S/C21H30ClN7O/c1-2-19(29-24-20(23-25-29)17-5-7-18(22)8-6-17)21(30)28-15-13-27(14-16-28)12-11-26-9-3-4-10-26/h5-8,19H,2-4,9-16H2,1H3. The van der Waals surface area contributed by atoms with Crippen molar-refractivity contribution in [2.24, 2.45) is 0 Å². The van der Waals surface area contributed by atoms with Gasteiger partial charge in [-0.05, 0) is 61.8 Å². The molecule has 30 heavy (non-hydrogen) atoms. The van der Waals surface area contributed by atoms with Crippen LogP contribution in [0, 0.1) is 0 Å². The zero-order valence-corrected chi connectivity index (χ0v) is 18.3. The van der Waals surface area contributed by atoms with Crippen LogP contribution in [0.3, 0.4) is 0 Å². The van der Waals surface area contributed by atoms with Gasteiger partial charge < -0.3 is 9.80 Å². The molecule has 0 saturated carbocycles. The molecule has 1 aromatic carbocycles. The van der Waals surface area contributed by atoms with Gasteiger partial charge in [-0.1, -0.05) is 18.5 Å². The maximum atomic E-state index is 13.1. The highest BCUT2D eigenvalue weighted by molar-refractivity contribution is 6.30. The number of rotatable bonds is 7. The van der Waals surface area contributed by atoms with Crippen molar-refractivity contribution < 1.29 is 4.79 Å². The normalized spacial score (nSPS) is 19.3. The highest BCUT2D eigenvalue weighted by Gasteiger charge is 2.29. The van der Waals surface area contributed by atoms with E-state index in [1.807, 2.05) is 24.0 Å². The van der Waals surface area contributed by atoms with Crippen LogP contribution in [-0.2, 0) is 4.79 Å². The molecule has 2 aliphatic heterocycles. The monoisotopic (exact) mass is 431 g/mol. The summed E-state index contributed by atoms with van der Waals surface area (Å²) in [6.45, 7) is 10.1. The number of aromatic nitrogens is 4. The van der Waals surface area contributed by atoms with Gasteiger partial charge in [-0.2, -0.15) is 4.80 Å². The molecule has 0 bridgehead atoms. The molecule has 1 aromatic heterocycles. The van der Waals surface area contributed by atoms with Gasteiger partial charge in [0.2, 0.25) is 11.7 Å². The van der Waals surface area contributed by atoms with Crippen molar-refractivity contribution in [2.45, 2.75) is 32.2 Å². The Bertz CT molecular complexity index is 826. The molecule has 0 radical (unpaired) electrons. The third-order valence-corrected chi connectivity index (χ3v) is 6.35. The first-order valence-electron chi connectivity index (χ1n) is 10.9. The molecule has 2 fully saturated rings. The predicted molar refractivity (Wildman–Crippen MR) is 116 cm³/mol. The topological polar surface area (TPSA) is 70.4 Å². The molecule has 2 aromatic rings. The fraction of sp³-hybridized carbons (Fsp3) is 0.619. The molecular formula is C21H30ClN7O. The third kappa shape index (κ3) is 4.99.